The zero-order chi connectivity index (χ0) is 15.5. The van der Waals surface area contributed by atoms with E-state index < -0.39 is 34.5 Å². The fourth-order valence-electron chi connectivity index (χ4n) is 1.44. The lowest BCUT2D eigenvalue weighted by atomic mass is 10.3. The van der Waals surface area contributed by atoms with Crippen molar-refractivity contribution in [3.63, 3.8) is 0 Å². The van der Waals surface area contributed by atoms with Gasteiger partial charge in [-0.15, -0.1) is 0 Å². The third-order valence-electron chi connectivity index (χ3n) is 2.58. The van der Waals surface area contributed by atoms with E-state index in [4.69, 9.17) is 10.2 Å². The van der Waals surface area contributed by atoms with Crippen LogP contribution in [-0.2, 0) is 21.9 Å². The second-order valence-corrected chi connectivity index (χ2v) is 5.81. The third-order valence-corrected chi connectivity index (χ3v) is 3.96. The Morgan fingerprint density at radius 1 is 1.45 bits per heavy atom. The number of hydrogen-bond acceptors (Lipinski definition) is 5. The molecule has 10 heteroatoms. The summed E-state index contributed by atoms with van der Waals surface area (Å²) < 4.78 is 26.5. The van der Waals surface area contributed by atoms with Gasteiger partial charge < -0.3 is 20.1 Å². The normalized spacial score (nSPS) is 12.9. The number of aliphatic carboxylic acids is 1. The van der Waals surface area contributed by atoms with Gasteiger partial charge in [0.25, 0.3) is 5.91 Å². The number of aromatic nitrogens is 1. The molecular formula is C10H15N3O6S. The van der Waals surface area contributed by atoms with Crippen LogP contribution in [0.5, 0.6) is 0 Å². The Hall–Kier alpha value is -1.91. The number of carbonyl (C=O) groups is 2. The molecule has 0 aliphatic rings. The number of carboxylic acid groups (broad SMARTS) is 1. The predicted molar refractivity (Wildman–Crippen MR) is 67.6 cm³/mol. The first kappa shape index (κ1) is 16.1. The molecule has 1 amide bonds. The number of amides is 1. The van der Waals surface area contributed by atoms with Crippen molar-refractivity contribution in [3.05, 3.63) is 18.0 Å². The highest BCUT2D eigenvalue weighted by Gasteiger charge is 2.23. The van der Waals surface area contributed by atoms with E-state index >= 15 is 0 Å². The van der Waals surface area contributed by atoms with Gasteiger partial charge in [-0.3, -0.25) is 4.79 Å². The minimum atomic E-state index is -3.70. The number of carboxylic acids is 1. The monoisotopic (exact) mass is 305 g/mol. The van der Waals surface area contributed by atoms with Crippen molar-refractivity contribution < 1.29 is 28.2 Å². The predicted octanol–water partition coefficient (Wildman–Crippen LogP) is -1.89. The van der Waals surface area contributed by atoms with Crippen LogP contribution >= 0.6 is 0 Å². The molecule has 1 heterocycles. The van der Waals surface area contributed by atoms with Crippen LogP contribution in [-0.4, -0.2) is 54.8 Å². The van der Waals surface area contributed by atoms with Crippen LogP contribution in [0.25, 0.3) is 0 Å². The zero-order valence-electron chi connectivity index (χ0n) is 10.8. The fraction of sp³-hybridized carbons (Fsp3) is 0.400. The van der Waals surface area contributed by atoms with Crippen LogP contribution < -0.4 is 10.0 Å². The minimum absolute atomic E-state index is 0.0430. The molecule has 1 atom stereocenters. The van der Waals surface area contributed by atoms with Gasteiger partial charge >= 0.3 is 5.97 Å². The van der Waals surface area contributed by atoms with E-state index in [1.54, 1.807) is 0 Å². The molecule has 1 rings (SSSR count). The second-order valence-electron chi connectivity index (χ2n) is 3.93. The number of rotatable bonds is 6. The largest absolute Gasteiger partial charge is 0.480 e. The minimum Gasteiger partial charge on any atom is -0.480 e. The van der Waals surface area contributed by atoms with Crippen molar-refractivity contribution in [2.75, 3.05) is 13.7 Å². The molecule has 0 bridgehead atoms. The molecule has 0 aliphatic heterocycles. The summed E-state index contributed by atoms with van der Waals surface area (Å²) in [5, 5.41) is 19.6. The summed E-state index contributed by atoms with van der Waals surface area (Å²) in [6.07, 6.45) is 1.22. The van der Waals surface area contributed by atoms with E-state index in [-0.39, 0.29) is 10.6 Å². The number of sulfonamides is 1. The Morgan fingerprint density at radius 3 is 2.50 bits per heavy atom. The highest BCUT2D eigenvalue weighted by Crippen LogP contribution is 2.13. The van der Waals surface area contributed by atoms with E-state index in [9.17, 15) is 18.0 Å². The summed E-state index contributed by atoms with van der Waals surface area (Å²) in [7, 11) is -1.03. The SMILES string of the molecule is CNS(=O)(=O)c1cc(C(=O)N[C@@H](CO)C(=O)O)n(C)c1. The molecule has 9 nitrogen and oxygen atoms in total. The molecule has 0 radical (unpaired) electrons. The van der Waals surface area contributed by atoms with Gasteiger partial charge in [0.05, 0.1) is 6.61 Å². The van der Waals surface area contributed by atoms with Gasteiger partial charge in [0.15, 0.2) is 6.04 Å². The number of nitrogens with one attached hydrogen (secondary N) is 2. The maximum atomic E-state index is 11.8. The van der Waals surface area contributed by atoms with Crippen molar-refractivity contribution in [1.82, 2.24) is 14.6 Å². The van der Waals surface area contributed by atoms with E-state index in [0.29, 0.717) is 0 Å². The molecule has 1 aromatic heterocycles. The van der Waals surface area contributed by atoms with Crippen molar-refractivity contribution >= 4 is 21.9 Å². The molecule has 0 fully saturated rings. The van der Waals surface area contributed by atoms with Gasteiger partial charge in [-0.25, -0.2) is 17.9 Å². The Labute approximate surface area is 115 Å². The van der Waals surface area contributed by atoms with Crippen LogP contribution in [0.2, 0.25) is 0 Å². The van der Waals surface area contributed by atoms with Gasteiger partial charge in [0, 0.05) is 13.2 Å². The smallest absolute Gasteiger partial charge is 0.328 e. The van der Waals surface area contributed by atoms with Gasteiger partial charge in [-0.1, -0.05) is 0 Å². The van der Waals surface area contributed by atoms with E-state index in [1.165, 1.54) is 24.9 Å². The number of aliphatic hydroxyl groups is 1. The van der Waals surface area contributed by atoms with Crippen LogP contribution in [0, 0.1) is 0 Å². The summed E-state index contributed by atoms with van der Waals surface area (Å²) in [6.45, 7) is -0.771. The van der Waals surface area contributed by atoms with Crippen molar-refractivity contribution in [3.8, 4) is 0 Å². The Balaban J connectivity index is 3.04. The number of hydrogen-bond donors (Lipinski definition) is 4. The summed E-state index contributed by atoms with van der Waals surface area (Å²) in [5.74, 6) is -2.19. The molecule has 0 aromatic carbocycles. The maximum Gasteiger partial charge on any atom is 0.328 e. The zero-order valence-corrected chi connectivity index (χ0v) is 11.6. The molecule has 20 heavy (non-hydrogen) atoms. The highest BCUT2D eigenvalue weighted by atomic mass is 32.2. The number of carbonyl (C=O) groups excluding carboxylic acids is 1. The standard InChI is InChI=1S/C10H15N3O6S/c1-11-20(18,19)6-3-8(13(2)4-6)9(15)12-7(5-14)10(16)17/h3-4,7,11,14H,5H2,1-2H3,(H,12,15)(H,16,17)/t7-/m0/s1. The maximum absolute atomic E-state index is 11.8. The van der Waals surface area contributed by atoms with Gasteiger partial charge in [0.2, 0.25) is 10.0 Å². The molecule has 1 aromatic rings. The third kappa shape index (κ3) is 3.35. The molecule has 0 saturated carbocycles. The van der Waals surface area contributed by atoms with Crippen molar-refractivity contribution in [1.29, 1.82) is 0 Å². The van der Waals surface area contributed by atoms with Gasteiger partial charge in [-0.2, -0.15) is 0 Å². The second kappa shape index (κ2) is 6.03. The lowest BCUT2D eigenvalue weighted by Crippen LogP contribution is -2.43. The lowest BCUT2D eigenvalue weighted by molar-refractivity contribution is -0.140. The Kier molecular flexibility index (Phi) is 4.87. The fourth-order valence-corrected chi connectivity index (χ4v) is 2.24. The van der Waals surface area contributed by atoms with Crippen molar-refractivity contribution in [2.24, 2.45) is 7.05 Å². The first-order valence-corrected chi connectivity index (χ1v) is 6.95. The van der Waals surface area contributed by atoms with Crippen LogP contribution in [0.4, 0.5) is 0 Å². The van der Waals surface area contributed by atoms with Gasteiger partial charge in [0.1, 0.15) is 10.6 Å². The Morgan fingerprint density at radius 2 is 2.05 bits per heavy atom. The average molecular weight is 305 g/mol. The summed E-state index contributed by atoms with van der Waals surface area (Å²) in [5.41, 5.74) is -0.0430. The summed E-state index contributed by atoms with van der Waals surface area (Å²) >= 11 is 0. The van der Waals surface area contributed by atoms with E-state index in [0.717, 1.165) is 6.07 Å². The summed E-state index contributed by atoms with van der Waals surface area (Å²) in [4.78, 5) is 22.4. The van der Waals surface area contributed by atoms with Gasteiger partial charge in [-0.05, 0) is 13.1 Å². The number of aliphatic hydroxyl groups excluding tert-OH is 1. The van der Waals surface area contributed by atoms with Crippen molar-refractivity contribution in [2.45, 2.75) is 10.9 Å². The molecule has 112 valence electrons. The highest BCUT2D eigenvalue weighted by molar-refractivity contribution is 7.89. The van der Waals surface area contributed by atoms with E-state index in [1.807, 2.05) is 0 Å². The number of aryl methyl sites for hydroxylation is 1. The topological polar surface area (TPSA) is 138 Å². The quantitative estimate of drug-likeness (QED) is 0.485. The van der Waals surface area contributed by atoms with Crippen LogP contribution in [0.1, 0.15) is 10.5 Å². The Bertz CT molecular complexity index is 621. The molecule has 0 aliphatic carbocycles. The van der Waals surface area contributed by atoms with Crippen LogP contribution in [0.15, 0.2) is 17.2 Å². The molecule has 0 unspecified atom stereocenters. The van der Waals surface area contributed by atoms with Crippen LogP contribution in [0.3, 0.4) is 0 Å². The first-order chi connectivity index (χ1) is 9.22. The molecule has 4 N–H and O–H groups in total. The first-order valence-electron chi connectivity index (χ1n) is 5.47. The number of nitrogens with zero attached hydrogens (tertiary/aromatic N) is 1. The average Bonchev–Trinajstić information content (AvgIpc) is 2.78. The summed E-state index contributed by atoms with van der Waals surface area (Å²) in [6, 6.07) is -0.348. The van der Waals surface area contributed by atoms with E-state index in [2.05, 4.69) is 10.0 Å². The molecule has 0 saturated heterocycles. The lowest BCUT2D eigenvalue weighted by Gasteiger charge is -2.11. The molecular weight excluding hydrogens is 290 g/mol. The molecule has 0 spiro atoms.